The number of amides is 1. The molecule has 8 heteroatoms. The van der Waals surface area contributed by atoms with E-state index in [2.05, 4.69) is 11.2 Å². The third-order valence-corrected chi connectivity index (χ3v) is 8.16. The first kappa shape index (κ1) is 27.1. The van der Waals surface area contributed by atoms with Crippen molar-refractivity contribution in [1.29, 1.82) is 0 Å². The number of nitrogens with zero attached hydrogens (tertiary/aromatic N) is 3. The summed E-state index contributed by atoms with van der Waals surface area (Å²) in [7, 11) is 0. The summed E-state index contributed by atoms with van der Waals surface area (Å²) < 4.78 is 9.79. The largest absolute Gasteiger partial charge is 0.494 e. The molecule has 6 rings (SSSR count). The van der Waals surface area contributed by atoms with Crippen molar-refractivity contribution in [3.05, 3.63) is 127 Å². The highest BCUT2D eigenvalue weighted by atomic mass is 32.1. The van der Waals surface area contributed by atoms with Crippen LogP contribution in [0.15, 0.2) is 106 Å². The second-order valence-corrected chi connectivity index (χ2v) is 10.8. The molecule has 0 radical (unpaired) electrons. The van der Waals surface area contributed by atoms with Gasteiger partial charge >= 0.3 is 0 Å². The van der Waals surface area contributed by atoms with Crippen LogP contribution in [0.25, 0.3) is 17.0 Å². The summed E-state index contributed by atoms with van der Waals surface area (Å²) in [4.78, 5) is 33.2. The minimum absolute atomic E-state index is 0.219. The second-order valence-electron chi connectivity index (χ2n) is 9.84. The first-order valence-electron chi connectivity index (χ1n) is 13.6. The predicted molar refractivity (Wildman–Crippen MR) is 167 cm³/mol. The molecule has 1 N–H and O–H groups in total. The topological polar surface area (TPSA) is 77.6 Å². The number of hydrogen-bond acceptors (Lipinski definition) is 5. The van der Waals surface area contributed by atoms with Crippen LogP contribution in [0.4, 0.5) is 5.69 Å². The van der Waals surface area contributed by atoms with Crippen LogP contribution >= 0.6 is 11.3 Å². The smallest absolute Gasteiger partial charge is 0.271 e. The van der Waals surface area contributed by atoms with Gasteiger partial charge in [-0.05, 0) is 55.8 Å². The quantitative estimate of drug-likeness (QED) is 0.283. The fourth-order valence-electron chi connectivity index (χ4n) is 5.32. The number of fused-ring (bicyclic) bond motifs is 2. The first-order chi connectivity index (χ1) is 20.5. The van der Waals surface area contributed by atoms with E-state index in [1.165, 1.54) is 11.3 Å². The van der Waals surface area contributed by atoms with Crippen molar-refractivity contribution in [2.24, 2.45) is 4.99 Å². The number of ether oxygens (including phenoxy) is 1. The van der Waals surface area contributed by atoms with E-state index in [1.807, 2.05) is 110 Å². The molecule has 1 aliphatic rings. The number of allylic oxidation sites excluding steroid dienone is 1. The van der Waals surface area contributed by atoms with Crippen LogP contribution in [0.1, 0.15) is 31.0 Å². The highest BCUT2D eigenvalue weighted by Crippen LogP contribution is 2.32. The Kier molecular flexibility index (Phi) is 7.34. The number of hydrogen-bond donors (Lipinski definition) is 1. The molecule has 3 heterocycles. The van der Waals surface area contributed by atoms with Crippen molar-refractivity contribution in [3.8, 4) is 18.1 Å². The van der Waals surface area contributed by atoms with Crippen LogP contribution in [0.2, 0.25) is 0 Å². The van der Waals surface area contributed by atoms with Gasteiger partial charge in [0.05, 0.1) is 35.0 Å². The number of aromatic nitrogens is 2. The monoisotopic (exact) mass is 572 g/mol. The van der Waals surface area contributed by atoms with Crippen LogP contribution in [0.5, 0.6) is 5.75 Å². The van der Waals surface area contributed by atoms with E-state index >= 15 is 0 Å². The van der Waals surface area contributed by atoms with Gasteiger partial charge < -0.3 is 14.6 Å². The molecule has 0 unspecified atom stereocenters. The van der Waals surface area contributed by atoms with Gasteiger partial charge in [0.2, 0.25) is 0 Å². The van der Waals surface area contributed by atoms with Crippen molar-refractivity contribution in [1.82, 2.24) is 9.13 Å². The van der Waals surface area contributed by atoms with E-state index in [9.17, 15) is 9.59 Å². The van der Waals surface area contributed by atoms with Gasteiger partial charge in [-0.15, -0.1) is 6.42 Å². The van der Waals surface area contributed by atoms with E-state index in [0.717, 1.165) is 22.0 Å². The number of para-hydroxylation sites is 2. The maximum atomic E-state index is 14.1. The van der Waals surface area contributed by atoms with Gasteiger partial charge in [-0.2, -0.15) is 0 Å². The molecule has 1 aliphatic heterocycles. The predicted octanol–water partition coefficient (Wildman–Crippen LogP) is 4.86. The number of benzene rings is 3. The number of terminal acetylenes is 1. The molecule has 0 saturated carbocycles. The van der Waals surface area contributed by atoms with E-state index in [4.69, 9.17) is 16.2 Å². The van der Waals surface area contributed by atoms with Gasteiger partial charge in [-0.1, -0.05) is 65.8 Å². The van der Waals surface area contributed by atoms with Gasteiger partial charge in [-0.25, -0.2) is 4.99 Å². The van der Waals surface area contributed by atoms with Gasteiger partial charge in [0.15, 0.2) is 4.80 Å². The average Bonchev–Trinajstić information content (AvgIpc) is 3.50. The Bertz CT molecular complexity index is 2060. The third-order valence-electron chi connectivity index (χ3n) is 7.17. The molecule has 0 saturated heterocycles. The number of nitrogens with one attached hydrogen (secondary N) is 1. The summed E-state index contributed by atoms with van der Waals surface area (Å²) in [6.45, 7) is 4.70. The number of rotatable bonds is 7. The molecule has 1 atom stereocenters. The molecule has 5 aromatic rings. The molecule has 0 spiro atoms. The highest BCUT2D eigenvalue weighted by molar-refractivity contribution is 7.07. The number of thiazole rings is 1. The molecule has 3 aromatic carbocycles. The Balaban J connectivity index is 1.51. The number of carbonyl (C=O) groups excluding carboxylic acids is 1. The van der Waals surface area contributed by atoms with Crippen molar-refractivity contribution < 1.29 is 9.53 Å². The van der Waals surface area contributed by atoms with Crippen molar-refractivity contribution in [2.45, 2.75) is 26.4 Å². The SMILES string of the molecule is C#CCn1cc(/C=c2\sc3n(c2=O)[C@@H](c2ccc(OCC)cc2)C(C(=O)Nc2ccccc2)=C(C)N=3)c2ccccc21. The van der Waals surface area contributed by atoms with Gasteiger partial charge in [-0.3, -0.25) is 14.2 Å². The Morgan fingerprint density at radius 1 is 1.10 bits per heavy atom. The summed E-state index contributed by atoms with van der Waals surface area (Å²) in [5.41, 5.74) is 4.08. The summed E-state index contributed by atoms with van der Waals surface area (Å²) >= 11 is 1.31. The maximum absolute atomic E-state index is 14.1. The van der Waals surface area contributed by atoms with Crippen molar-refractivity contribution >= 4 is 39.9 Å². The van der Waals surface area contributed by atoms with Crippen LogP contribution in [0.3, 0.4) is 0 Å². The molecule has 2 aromatic heterocycles. The minimum Gasteiger partial charge on any atom is -0.494 e. The van der Waals surface area contributed by atoms with Crippen LogP contribution in [-0.2, 0) is 11.3 Å². The molecule has 208 valence electrons. The summed E-state index contributed by atoms with van der Waals surface area (Å²) in [5, 5.41) is 3.99. The van der Waals surface area contributed by atoms with Crippen molar-refractivity contribution in [2.75, 3.05) is 11.9 Å². The Morgan fingerprint density at radius 2 is 1.83 bits per heavy atom. The molecule has 0 bridgehead atoms. The normalized spacial score (nSPS) is 14.8. The fourth-order valence-corrected chi connectivity index (χ4v) is 6.36. The molecular formula is C34H28N4O3S. The third kappa shape index (κ3) is 4.95. The molecule has 7 nitrogen and oxygen atoms in total. The standard InChI is InChI=1S/C34H28N4O3S/c1-4-19-37-21-24(27-13-9-10-14-28(27)37)20-29-33(40)38-31(23-15-17-26(18-16-23)41-5-2)30(22(3)35-34(38)42-29)32(39)36-25-11-7-6-8-12-25/h1,6-18,20-21,31H,5,19H2,2-3H3,(H,36,39)/b29-20-/t31-/m0/s1. The molecule has 42 heavy (non-hydrogen) atoms. The zero-order chi connectivity index (χ0) is 29.2. The summed E-state index contributed by atoms with van der Waals surface area (Å²) in [6, 6.07) is 24.1. The average molecular weight is 573 g/mol. The summed E-state index contributed by atoms with van der Waals surface area (Å²) in [6.07, 6.45) is 9.46. The zero-order valence-corrected chi connectivity index (χ0v) is 24.0. The van der Waals surface area contributed by atoms with Crippen LogP contribution in [-0.4, -0.2) is 21.6 Å². The van der Waals surface area contributed by atoms with E-state index in [1.54, 1.807) is 4.57 Å². The fraction of sp³-hybridized carbons (Fsp3) is 0.147. The van der Waals surface area contributed by atoms with Gasteiger partial charge in [0.25, 0.3) is 11.5 Å². The highest BCUT2D eigenvalue weighted by Gasteiger charge is 2.32. The lowest BCUT2D eigenvalue weighted by molar-refractivity contribution is -0.113. The molecule has 0 aliphatic carbocycles. The second kappa shape index (κ2) is 11.4. The zero-order valence-electron chi connectivity index (χ0n) is 23.2. The first-order valence-corrected chi connectivity index (χ1v) is 14.4. The number of carbonyl (C=O) groups is 1. The molecule has 0 fully saturated rings. The van der Waals surface area contributed by atoms with E-state index in [0.29, 0.717) is 45.2 Å². The molecule has 1 amide bonds. The lowest BCUT2D eigenvalue weighted by Gasteiger charge is -2.25. The molecular weight excluding hydrogens is 544 g/mol. The Hall–Kier alpha value is -5.13. The van der Waals surface area contributed by atoms with E-state index in [-0.39, 0.29) is 11.5 Å². The Morgan fingerprint density at radius 3 is 2.57 bits per heavy atom. The van der Waals surface area contributed by atoms with Crippen molar-refractivity contribution in [3.63, 3.8) is 0 Å². The van der Waals surface area contributed by atoms with Gasteiger partial charge in [0.1, 0.15) is 5.75 Å². The van der Waals surface area contributed by atoms with Crippen LogP contribution in [0, 0.1) is 12.3 Å². The van der Waals surface area contributed by atoms with Crippen LogP contribution < -0.4 is 24.9 Å². The number of anilines is 1. The summed E-state index contributed by atoms with van der Waals surface area (Å²) in [5.74, 6) is 3.10. The lowest BCUT2D eigenvalue weighted by atomic mass is 9.95. The minimum atomic E-state index is -0.675. The van der Waals surface area contributed by atoms with E-state index < -0.39 is 6.04 Å². The maximum Gasteiger partial charge on any atom is 0.271 e. The van der Waals surface area contributed by atoms with Gasteiger partial charge in [0, 0.05) is 28.4 Å². The Labute approximate surface area is 246 Å². The lowest BCUT2D eigenvalue weighted by Crippen LogP contribution is -2.40.